The molecular formula is C9H17NO2. The average molecular weight is 171 g/mol. The van der Waals surface area contributed by atoms with Gasteiger partial charge >= 0.3 is 0 Å². The Morgan fingerprint density at radius 2 is 2.33 bits per heavy atom. The van der Waals surface area contributed by atoms with Crippen LogP contribution in [0.25, 0.3) is 0 Å². The number of hydrogen-bond acceptors (Lipinski definition) is 3. The minimum Gasteiger partial charge on any atom is -0.394 e. The van der Waals surface area contributed by atoms with Gasteiger partial charge in [0.15, 0.2) is 0 Å². The van der Waals surface area contributed by atoms with E-state index in [1.165, 1.54) is 0 Å². The minimum atomic E-state index is 0.0757. The van der Waals surface area contributed by atoms with Crippen molar-refractivity contribution in [3.05, 3.63) is 0 Å². The summed E-state index contributed by atoms with van der Waals surface area (Å²) in [5.74, 6) is 2.63. The van der Waals surface area contributed by atoms with Gasteiger partial charge in [0.05, 0.1) is 25.9 Å². The van der Waals surface area contributed by atoms with Crippen LogP contribution in [0.5, 0.6) is 0 Å². The summed E-state index contributed by atoms with van der Waals surface area (Å²) >= 11 is 0. The summed E-state index contributed by atoms with van der Waals surface area (Å²) in [5.41, 5.74) is 0. The molecule has 70 valence electrons. The third kappa shape index (κ3) is 6.17. The predicted octanol–water partition coefficient (Wildman–Crippen LogP) is -0.00330. The molecule has 0 heterocycles. The Morgan fingerprint density at radius 3 is 2.83 bits per heavy atom. The molecule has 0 amide bonds. The van der Waals surface area contributed by atoms with Crippen LogP contribution in [0.4, 0.5) is 0 Å². The summed E-state index contributed by atoms with van der Waals surface area (Å²) in [7, 11) is 0. The number of rotatable bonds is 7. The maximum atomic E-state index is 8.39. The fourth-order valence-electron chi connectivity index (χ4n) is 0.793. The summed E-state index contributed by atoms with van der Waals surface area (Å²) < 4.78 is 5.04. The van der Waals surface area contributed by atoms with Crippen molar-refractivity contribution in [2.24, 2.45) is 0 Å². The average Bonchev–Trinajstić information content (AvgIpc) is 2.11. The molecule has 0 aromatic rings. The van der Waals surface area contributed by atoms with E-state index in [2.05, 4.69) is 11.2 Å². The van der Waals surface area contributed by atoms with E-state index in [1.54, 1.807) is 0 Å². The molecule has 0 aliphatic rings. The fraction of sp³-hybridized carbons (Fsp3) is 0.778. The first-order chi connectivity index (χ1) is 5.85. The Bertz CT molecular complexity index is 131. The topological polar surface area (TPSA) is 41.5 Å². The van der Waals surface area contributed by atoms with E-state index in [0.717, 1.165) is 13.0 Å². The van der Waals surface area contributed by atoms with Crippen molar-refractivity contribution in [2.75, 3.05) is 26.4 Å². The maximum absolute atomic E-state index is 8.39. The van der Waals surface area contributed by atoms with E-state index in [4.69, 9.17) is 16.3 Å². The molecule has 3 heteroatoms. The Balaban J connectivity index is 3.13. The molecule has 0 fully saturated rings. The molecule has 0 aromatic heterocycles. The molecule has 0 saturated carbocycles. The molecule has 0 rings (SSSR count). The van der Waals surface area contributed by atoms with E-state index in [1.807, 2.05) is 6.92 Å². The summed E-state index contributed by atoms with van der Waals surface area (Å²) in [6, 6.07) is 0.141. The van der Waals surface area contributed by atoms with Crippen LogP contribution in [-0.2, 0) is 4.74 Å². The predicted molar refractivity (Wildman–Crippen MR) is 48.8 cm³/mol. The number of terminal acetylenes is 1. The third-order valence-corrected chi connectivity index (χ3v) is 1.48. The van der Waals surface area contributed by atoms with Gasteiger partial charge in [-0.1, -0.05) is 12.8 Å². The van der Waals surface area contributed by atoms with E-state index < -0.39 is 0 Å². The van der Waals surface area contributed by atoms with Crippen LogP contribution in [0.2, 0.25) is 0 Å². The normalized spacial score (nSPS) is 12.4. The molecule has 0 spiro atoms. The number of hydrogen-bond donors (Lipinski definition) is 2. The van der Waals surface area contributed by atoms with Crippen LogP contribution in [0.1, 0.15) is 13.3 Å². The zero-order chi connectivity index (χ0) is 9.23. The van der Waals surface area contributed by atoms with Crippen LogP contribution >= 0.6 is 0 Å². The Labute approximate surface area is 74.1 Å². The SMILES string of the molecule is C#CC(CC)NCCOCCO. The summed E-state index contributed by atoms with van der Waals surface area (Å²) in [6.07, 6.45) is 6.16. The Kier molecular flexibility index (Phi) is 8.14. The smallest absolute Gasteiger partial charge is 0.0698 e. The summed E-state index contributed by atoms with van der Waals surface area (Å²) in [6.45, 7) is 3.84. The standard InChI is InChI=1S/C9H17NO2/c1-3-9(4-2)10-5-7-12-8-6-11/h1,9-11H,4-8H2,2H3. The second-order valence-corrected chi connectivity index (χ2v) is 2.42. The van der Waals surface area contributed by atoms with Crippen molar-refractivity contribution in [3.63, 3.8) is 0 Å². The van der Waals surface area contributed by atoms with E-state index in [-0.39, 0.29) is 12.6 Å². The quantitative estimate of drug-likeness (QED) is 0.418. The van der Waals surface area contributed by atoms with Crippen LogP contribution in [0, 0.1) is 12.3 Å². The maximum Gasteiger partial charge on any atom is 0.0698 e. The zero-order valence-electron chi connectivity index (χ0n) is 7.55. The van der Waals surface area contributed by atoms with Gasteiger partial charge in [0.2, 0.25) is 0 Å². The molecule has 0 aromatic carbocycles. The first kappa shape index (κ1) is 11.4. The van der Waals surface area contributed by atoms with Crippen molar-refractivity contribution in [1.82, 2.24) is 5.32 Å². The van der Waals surface area contributed by atoms with E-state index >= 15 is 0 Å². The first-order valence-electron chi connectivity index (χ1n) is 4.23. The van der Waals surface area contributed by atoms with Crippen molar-refractivity contribution >= 4 is 0 Å². The molecule has 12 heavy (non-hydrogen) atoms. The largest absolute Gasteiger partial charge is 0.394 e. The molecule has 1 unspecified atom stereocenters. The Morgan fingerprint density at radius 1 is 1.58 bits per heavy atom. The number of aliphatic hydroxyl groups excluding tert-OH is 1. The molecule has 0 saturated heterocycles. The zero-order valence-corrected chi connectivity index (χ0v) is 7.55. The lowest BCUT2D eigenvalue weighted by Gasteiger charge is -2.09. The van der Waals surface area contributed by atoms with Gasteiger partial charge in [0.1, 0.15) is 0 Å². The highest BCUT2D eigenvalue weighted by Gasteiger charge is 1.98. The number of nitrogens with one attached hydrogen (secondary N) is 1. The van der Waals surface area contributed by atoms with Gasteiger partial charge in [0, 0.05) is 6.54 Å². The third-order valence-electron chi connectivity index (χ3n) is 1.48. The highest BCUT2D eigenvalue weighted by molar-refractivity contribution is 4.97. The molecular weight excluding hydrogens is 154 g/mol. The second kappa shape index (κ2) is 8.54. The summed E-state index contributed by atoms with van der Waals surface area (Å²) in [4.78, 5) is 0. The van der Waals surface area contributed by atoms with Gasteiger partial charge in [-0.3, -0.25) is 0 Å². The van der Waals surface area contributed by atoms with Crippen LogP contribution in [0.3, 0.4) is 0 Å². The lowest BCUT2D eigenvalue weighted by molar-refractivity contribution is 0.0933. The van der Waals surface area contributed by atoms with Gasteiger partial charge in [0.25, 0.3) is 0 Å². The highest BCUT2D eigenvalue weighted by Crippen LogP contribution is 1.86. The molecule has 0 bridgehead atoms. The van der Waals surface area contributed by atoms with Gasteiger partial charge in [-0.15, -0.1) is 6.42 Å². The monoisotopic (exact) mass is 171 g/mol. The second-order valence-electron chi connectivity index (χ2n) is 2.42. The molecule has 0 aliphatic heterocycles. The van der Waals surface area contributed by atoms with Crippen LogP contribution < -0.4 is 5.32 Å². The molecule has 0 radical (unpaired) electrons. The molecule has 3 nitrogen and oxygen atoms in total. The lowest BCUT2D eigenvalue weighted by Crippen LogP contribution is -2.30. The van der Waals surface area contributed by atoms with Gasteiger partial charge in [-0.2, -0.15) is 0 Å². The molecule has 0 aliphatic carbocycles. The van der Waals surface area contributed by atoms with Gasteiger partial charge in [-0.25, -0.2) is 0 Å². The van der Waals surface area contributed by atoms with Crippen molar-refractivity contribution in [2.45, 2.75) is 19.4 Å². The van der Waals surface area contributed by atoms with E-state index in [0.29, 0.717) is 13.2 Å². The fourth-order valence-corrected chi connectivity index (χ4v) is 0.793. The van der Waals surface area contributed by atoms with Gasteiger partial charge in [-0.05, 0) is 6.42 Å². The van der Waals surface area contributed by atoms with Crippen LogP contribution in [0.15, 0.2) is 0 Å². The molecule has 2 N–H and O–H groups in total. The number of aliphatic hydroxyl groups is 1. The van der Waals surface area contributed by atoms with Crippen molar-refractivity contribution in [1.29, 1.82) is 0 Å². The number of ether oxygens (including phenoxy) is 1. The van der Waals surface area contributed by atoms with Crippen molar-refractivity contribution < 1.29 is 9.84 Å². The summed E-state index contributed by atoms with van der Waals surface area (Å²) in [5, 5.41) is 11.5. The van der Waals surface area contributed by atoms with Gasteiger partial charge < -0.3 is 15.2 Å². The first-order valence-corrected chi connectivity index (χ1v) is 4.23. The van der Waals surface area contributed by atoms with Crippen LogP contribution in [-0.4, -0.2) is 37.5 Å². The minimum absolute atomic E-state index is 0.0757. The molecule has 1 atom stereocenters. The lowest BCUT2D eigenvalue weighted by atomic mass is 10.2. The van der Waals surface area contributed by atoms with Crippen molar-refractivity contribution in [3.8, 4) is 12.3 Å². The highest BCUT2D eigenvalue weighted by atomic mass is 16.5. The Hall–Kier alpha value is -0.560. The van der Waals surface area contributed by atoms with E-state index in [9.17, 15) is 0 Å².